The second-order valence-corrected chi connectivity index (χ2v) is 5.42. The quantitative estimate of drug-likeness (QED) is 0.645. The van der Waals surface area contributed by atoms with Gasteiger partial charge in [-0.3, -0.25) is 0 Å². The molecule has 0 bridgehead atoms. The van der Waals surface area contributed by atoms with Crippen molar-refractivity contribution >= 4 is 12.0 Å². The molecule has 1 aliphatic rings. The van der Waals surface area contributed by atoms with Crippen molar-refractivity contribution in [2.45, 2.75) is 31.4 Å². The van der Waals surface area contributed by atoms with Crippen molar-refractivity contribution in [2.75, 3.05) is 33.7 Å². The molecule has 7 heteroatoms. The van der Waals surface area contributed by atoms with Gasteiger partial charge in [0.1, 0.15) is 0 Å². The van der Waals surface area contributed by atoms with Crippen molar-refractivity contribution in [1.29, 1.82) is 0 Å². The Balaban J connectivity index is 2.38. The average molecular weight is 273 g/mol. The molecule has 1 atom stereocenters. The van der Waals surface area contributed by atoms with Gasteiger partial charge in [0.25, 0.3) is 0 Å². The smallest absolute Gasteiger partial charge is 0.337 e. The molecule has 19 heavy (non-hydrogen) atoms. The van der Waals surface area contributed by atoms with Gasteiger partial charge in [-0.15, -0.1) is 0 Å². The molecule has 2 amide bonds. The maximum Gasteiger partial charge on any atom is 0.337 e. The van der Waals surface area contributed by atoms with Crippen LogP contribution in [0.2, 0.25) is 0 Å². The van der Waals surface area contributed by atoms with Crippen LogP contribution in [0.1, 0.15) is 19.8 Å². The first-order chi connectivity index (χ1) is 8.74. The summed E-state index contributed by atoms with van der Waals surface area (Å²) in [5, 5.41) is 20.7. The summed E-state index contributed by atoms with van der Waals surface area (Å²) in [7, 11) is 4.04. The van der Waals surface area contributed by atoms with Gasteiger partial charge in [-0.25, -0.2) is 9.59 Å². The van der Waals surface area contributed by atoms with Crippen molar-refractivity contribution in [3.8, 4) is 0 Å². The van der Waals surface area contributed by atoms with Crippen LogP contribution in [0.5, 0.6) is 0 Å². The molecule has 0 radical (unpaired) electrons. The van der Waals surface area contributed by atoms with Crippen LogP contribution in [0.15, 0.2) is 0 Å². The van der Waals surface area contributed by atoms with Gasteiger partial charge in [-0.2, -0.15) is 0 Å². The number of amides is 2. The third-order valence-electron chi connectivity index (χ3n) is 3.53. The minimum absolute atomic E-state index is 0.297. The lowest BCUT2D eigenvalue weighted by Gasteiger charge is -2.35. The molecule has 7 nitrogen and oxygen atoms in total. The van der Waals surface area contributed by atoms with Crippen LogP contribution >= 0.6 is 0 Å². The number of rotatable bonds is 4. The van der Waals surface area contributed by atoms with E-state index in [0.717, 1.165) is 19.8 Å². The molecule has 1 heterocycles. The van der Waals surface area contributed by atoms with E-state index in [1.54, 1.807) is 4.90 Å². The molecule has 1 fully saturated rings. The number of likely N-dealkylation sites (tertiary alicyclic amines) is 1. The third-order valence-corrected chi connectivity index (χ3v) is 3.53. The molecule has 110 valence electrons. The Bertz CT molecular complexity index is 336. The van der Waals surface area contributed by atoms with E-state index in [4.69, 9.17) is 5.11 Å². The number of nitrogens with zero attached hydrogens (tertiary/aromatic N) is 2. The number of hydrogen-bond acceptors (Lipinski definition) is 4. The Morgan fingerprint density at radius 2 is 1.89 bits per heavy atom. The number of urea groups is 1. The fourth-order valence-corrected chi connectivity index (χ4v) is 2.02. The van der Waals surface area contributed by atoms with Gasteiger partial charge in [0.05, 0.1) is 6.54 Å². The molecular formula is C12H23N3O4. The minimum atomic E-state index is -1.93. The van der Waals surface area contributed by atoms with Gasteiger partial charge in [0.15, 0.2) is 5.60 Å². The lowest BCUT2D eigenvalue weighted by atomic mass is 10.0. The van der Waals surface area contributed by atoms with Crippen molar-refractivity contribution < 1.29 is 19.8 Å². The second-order valence-electron chi connectivity index (χ2n) is 5.42. The zero-order chi connectivity index (χ0) is 14.6. The summed E-state index contributed by atoms with van der Waals surface area (Å²) < 4.78 is 0. The second kappa shape index (κ2) is 6.21. The zero-order valence-corrected chi connectivity index (χ0v) is 11.7. The third kappa shape index (κ3) is 4.36. The Morgan fingerprint density at radius 3 is 2.32 bits per heavy atom. The SMILES string of the molecule is CN(C)C1CCN(C(=O)NCC(C)(O)C(=O)O)CC1. The van der Waals surface area contributed by atoms with Gasteiger partial charge >= 0.3 is 12.0 Å². The topological polar surface area (TPSA) is 93.1 Å². The van der Waals surface area contributed by atoms with Crippen molar-refractivity contribution in [2.24, 2.45) is 0 Å². The number of carbonyl (C=O) groups excluding carboxylic acids is 1. The summed E-state index contributed by atoms with van der Waals surface area (Å²) in [5.74, 6) is -1.35. The van der Waals surface area contributed by atoms with Gasteiger partial charge < -0.3 is 25.3 Å². The Kier molecular flexibility index (Phi) is 5.13. The molecule has 3 N–H and O–H groups in total. The lowest BCUT2D eigenvalue weighted by Crippen LogP contribution is -2.52. The predicted molar refractivity (Wildman–Crippen MR) is 69.9 cm³/mol. The normalized spacial score (nSPS) is 20.2. The Morgan fingerprint density at radius 1 is 1.37 bits per heavy atom. The van der Waals surface area contributed by atoms with Crippen LogP contribution in [0, 0.1) is 0 Å². The number of nitrogens with one attached hydrogen (secondary N) is 1. The standard InChI is InChI=1S/C12H23N3O4/c1-12(19,10(16)17)8-13-11(18)15-6-4-9(5-7-15)14(2)3/h9,19H,4-8H2,1-3H3,(H,13,18)(H,16,17). The molecule has 0 aromatic heterocycles. The first-order valence-electron chi connectivity index (χ1n) is 6.39. The summed E-state index contributed by atoms with van der Waals surface area (Å²) in [6.07, 6.45) is 1.80. The van der Waals surface area contributed by atoms with E-state index in [1.165, 1.54) is 0 Å². The molecule has 0 aliphatic carbocycles. The number of piperidine rings is 1. The first kappa shape index (κ1) is 15.7. The van der Waals surface area contributed by atoms with E-state index in [1.807, 2.05) is 14.1 Å². The highest BCUT2D eigenvalue weighted by molar-refractivity contribution is 5.79. The van der Waals surface area contributed by atoms with E-state index in [0.29, 0.717) is 19.1 Å². The van der Waals surface area contributed by atoms with Gasteiger partial charge in [0.2, 0.25) is 0 Å². The van der Waals surface area contributed by atoms with Crippen LogP contribution in [0.25, 0.3) is 0 Å². The summed E-state index contributed by atoms with van der Waals surface area (Å²) in [6.45, 7) is 2.15. The summed E-state index contributed by atoms with van der Waals surface area (Å²) in [5.41, 5.74) is -1.93. The highest BCUT2D eigenvalue weighted by Crippen LogP contribution is 2.14. The van der Waals surface area contributed by atoms with Crippen LogP contribution in [-0.4, -0.2) is 77.4 Å². The molecule has 1 unspecified atom stereocenters. The van der Waals surface area contributed by atoms with Crippen LogP contribution in [-0.2, 0) is 4.79 Å². The maximum absolute atomic E-state index is 11.8. The van der Waals surface area contributed by atoms with E-state index in [-0.39, 0.29) is 12.6 Å². The fourth-order valence-electron chi connectivity index (χ4n) is 2.02. The van der Waals surface area contributed by atoms with E-state index >= 15 is 0 Å². The van der Waals surface area contributed by atoms with Crippen molar-refractivity contribution in [3.05, 3.63) is 0 Å². The fraction of sp³-hybridized carbons (Fsp3) is 0.833. The van der Waals surface area contributed by atoms with Crippen molar-refractivity contribution in [3.63, 3.8) is 0 Å². The summed E-state index contributed by atoms with van der Waals surface area (Å²) in [4.78, 5) is 26.3. The largest absolute Gasteiger partial charge is 0.479 e. The van der Waals surface area contributed by atoms with Gasteiger partial charge in [-0.05, 0) is 33.9 Å². The molecule has 1 aliphatic heterocycles. The molecule has 1 saturated heterocycles. The maximum atomic E-state index is 11.8. The highest BCUT2D eigenvalue weighted by Gasteiger charge is 2.31. The predicted octanol–water partition coefficient (Wildman–Crippen LogP) is -0.442. The molecular weight excluding hydrogens is 250 g/mol. The molecule has 0 aromatic carbocycles. The number of aliphatic carboxylic acids is 1. The number of hydrogen-bond donors (Lipinski definition) is 3. The summed E-state index contributed by atoms with van der Waals surface area (Å²) >= 11 is 0. The number of carboxylic acid groups (broad SMARTS) is 1. The van der Waals surface area contributed by atoms with E-state index in [9.17, 15) is 14.7 Å². The lowest BCUT2D eigenvalue weighted by molar-refractivity contribution is -0.155. The van der Waals surface area contributed by atoms with Crippen LogP contribution < -0.4 is 5.32 Å². The van der Waals surface area contributed by atoms with E-state index < -0.39 is 11.6 Å². The Hall–Kier alpha value is -1.34. The molecule has 0 aromatic rings. The average Bonchev–Trinajstić information content (AvgIpc) is 2.36. The van der Waals surface area contributed by atoms with Crippen LogP contribution in [0.4, 0.5) is 4.79 Å². The Labute approximate surface area is 113 Å². The van der Waals surface area contributed by atoms with Crippen LogP contribution in [0.3, 0.4) is 0 Å². The zero-order valence-electron chi connectivity index (χ0n) is 11.7. The van der Waals surface area contributed by atoms with Gasteiger partial charge in [0, 0.05) is 19.1 Å². The monoisotopic (exact) mass is 273 g/mol. The first-order valence-corrected chi connectivity index (χ1v) is 6.39. The van der Waals surface area contributed by atoms with Gasteiger partial charge in [-0.1, -0.05) is 0 Å². The number of carbonyl (C=O) groups is 2. The van der Waals surface area contributed by atoms with E-state index in [2.05, 4.69) is 10.2 Å². The number of carboxylic acids is 1. The molecule has 0 spiro atoms. The molecule has 0 saturated carbocycles. The highest BCUT2D eigenvalue weighted by atomic mass is 16.4. The number of aliphatic hydroxyl groups is 1. The minimum Gasteiger partial charge on any atom is -0.479 e. The molecule has 1 rings (SSSR count). The summed E-state index contributed by atoms with van der Waals surface area (Å²) in [6, 6.07) is 0.157. The van der Waals surface area contributed by atoms with Crippen molar-refractivity contribution in [1.82, 2.24) is 15.1 Å².